The number of carbonyl (C=O) groups is 1. The maximum absolute atomic E-state index is 12.4. The highest BCUT2D eigenvalue weighted by molar-refractivity contribution is 5.96. The van der Waals surface area contributed by atoms with E-state index in [9.17, 15) is 4.79 Å². The zero-order valence-electron chi connectivity index (χ0n) is 10.4. The Morgan fingerprint density at radius 3 is 2.89 bits per heavy atom. The first-order chi connectivity index (χ1) is 8.69. The molecule has 2 fully saturated rings. The molecule has 1 saturated carbocycles. The van der Waals surface area contributed by atoms with E-state index < -0.39 is 0 Å². The van der Waals surface area contributed by atoms with Crippen LogP contribution in [0.1, 0.15) is 42.6 Å². The van der Waals surface area contributed by atoms with E-state index in [1.807, 2.05) is 0 Å². The van der Waals surface area contributed by atoms with Gasteiger partial charge in [0.1, 0.15) is 5.69 Å². The zero-order valence-corrected chi connectivity index (χ0v) is 10.4. The van der Waals surface area contributed by atoms with E-state index in [4.69, 9.17) is 10.5 Å². The number of rotatable bonds is 2. The number of ether oxygens (including phenoxy) is 1. The number of hydrogen-bond acceptors (Lipinski definition) is 4. The van der Waals surface area contributed by atoms with E-state index in [1.165, 1.54) is 6.42 Å². The molecular weight excluding hydrogens is 228 g/mol. The molecule has 1 aliphatic carbocycles. The highest BCUT2D eigenvalue weighted by Crippen LogP contribution is 2.44. The summed E-state index contributed by atoms with van der Waals surface area (Å²) in [5, 5.41) is 0. The van der Waals surface area contributed by atoms with Crippen molar-refractivity contribution in [2.75, 3.05) is 12.3 Å². The van der Waals surface area contributed by atoms with Gasteiger partial charge >= 0.3 is 0 Å². The molecule has 2 heterocycles. The summed E-state index contributed by atoms with van der Waals surface area (Å²) in [6, 6.07) is 3.46. The molecule has 1 aromatic heterocycles. The van der Waals surface area contributed by atoms with E-state index >= 15 is 0 Å². The van der Waals surface area contributed by atoms with E-state index in [2.05, 4.69) is 4.98 Å². The minimum absolute atomic E-state index is 0.00633. The Morgan fingerprint density at radius 1 is 1.44 bits per heavy atom. The summed E-state index contributed by atoms with van der Waals surface area (Å²) in [4.78, 5) is 16.5. The van der Waals surface area contributed by atoms with E-state index in [1.54, 1.807) is 18.3 Å². The summed E-state index contributed by atoms with van der Waals surface area (Å²) < 4.78 is 5.84. The van der Waals surface area contributed by atoms with Crippen molar-refractivity contribution in [2.24, 2.45) is 5.92 Å². The molecule has 1 aromatic rings. The van der Waals surface area contributed by atoms with Gasteiger partial charge in [-0.3, -0.25) is 9.78 Å². The van der Waals surface area contributed by atoms with Crippen LogP contribution in [0.25, 0.3) is 0 Å². The Hall–Kier alpha value is -1.42. The Bertz CT molecular complexity index is 451. The van der Waals surface area contributed by atoms with Crippen LogP contribution in [-0.2, 0) is 4.74 Å². The molecule has 1 atom stereocenters. The van der Waals surface area contributed by atoms with Crippen LogP contribution in [0, 0.1) is 5.92 Å². The maximum atomic E-state index is 12.4. The summed E-state index contributed by atoms with van der Waals surface area (Å²) >= 11 is 0. The summed E-state index contributed by atoms with van der Waals surface area (Å²) in [5.41, 5.74) is 6.72. The highest BCUT2D eigenvalue weighted by Gasteiger charge is 2.44. The molecule has 0 amide bonds. The van der Waals surface area contributed by atoms with Crippen molar-refractivity contribution >= 4 is 11.5 Å². The van der Waals surface area contributed by atoms with Gasteiger partial charge in [-0.2, -0.15) is 0 Å². The van der Waals surface area contributed by atoms with Crippen molar-refractivity contribution in [3.63, 3.8) is 0 Å². The lowest BCUT2D eigenvalue weighted by atomic mass is 9.71. The Labute approximate surface area is 107 Å². The summed E-state index contributed by atoms with van der Waals surface area (Å²) in [6.45, 7) is 0.700. The van der Waals surface area contributed by atoms with Gasteiger partial charge in [0.2, 0.25) is 0 Å². The number of carbonyl (C=O) groups excluding carboxylic acids is 1. The van der Waals surface area contributed by atoms with Gasteiger partial charge in [-0.15, -0.1) is 0 Å². The quantitative estimate of drug-likeness (QED) is 0.812. The van der Waals surface area contributed by atoms with Crippen LogP contribution >= 0.6 is 0 Å². The zero-order chi connectivity index (χ0) is 12.6. The molecule has 0 aromatic carbocycles. The van der Waals surface area contributed by atoms with Crippen LogP contribution in [0.4, 0.5) is 5.69 Å². The van der Waals surface area contributed by atoms with Gasteiger partial charge in [0.25, 0.3) is 0 Å². The fraction of sp³-hybridized carbons (Fsp3) is 0.571. The molecule has 1 unspecified atom stereocenters. The molecule has 1 saturated heterocycles. The lowest BCUT2D eigenvalue weighted by Gasteiger charge is -2.46. The molecule has 1 spiro atoms. The van der Waals surface area contributed by atoms with Crippen LogP contribution in [0.3, 0.4) is 0 Å². The molecule has 1 aliphatic heterocycles. The van der Waals surface area contributed by atoms with E-state index in [0.717, 1.165) is 25.7 Å². The molecule has 0 radical (unpaired) electrons. The number of nitrogens with zero attached hydrogens (tertiary/aromatic N) is 1. The smallest absolute Gasteiger partial charge is 0.184 e. The fourth-order valence-corrected chi connectivity index (χ4v) is 2.93. The number of hydrogen-bond donors (Lipinski definition) is 1. The number of nitrogen functional groups attached to an aromatic ring is 1. The first-order valence-electron chi connectivity index (χ1n) is 6.58. The Kier molecular flexibility index (Phi) is 2.82. The van der Waals surface area contributed by atoms with Gasteiger partial charge in [-0.25, -0.2) is 0 Å². The Morgan fingerprint density at radius 2 is 2.28 bits per heavy atom. The molecule has 4 heteroatoms. The van der Waals surface area contributed by atoms with Crippen molar-refractivity contribution in [2.45, 2.75) is 37.7 Å². The number of Topliss-reactive ketones (excluding diaryl/α,β-unsaturated/α-hetero) is 1. The minimum Gasteiger partial charge on any atom is -0.397 e. The second-order valence-corrected chi connectivity index (χ2v) is 5.42. The predicted molar refractivity (Wildman–Crippen MR) is 68.2 cm³/mol. The van der Waals surface area contributed by atoms with Crippen molar-refractivity contribution in [3.05, 3.63) is 24.0 Å². The second kappa shape index (κ2) is 4.35. The van der Waals surface area contributed by atoms with Crippen LogP contribution in [0.2, 0.25) is 0 Å². The minimum atomic E-state index is 0.00633. The molecule has 4 nitrogen and oxygen atoms in total. The second-order valence-electron chi connectivity index (χ2n) is 5.42. The SMILES string of the molecule is Nc1ccc(C(=O)C2CCOC3(CCC3)C2)nc1. The highest BCUT2D eigenvalue weighted by atomic mass is 16.5. The molecular formula is C14H18N2O2. The standard InChI is InChI=1S/C14H18N2O2/c15-11-2-3-12(16-9-11)13(17)10-4-7-18-14(8-10)5-1-6-14/h2-3,9-10H,1,4-8,15H2. The predicted octanol–water partition coefficient (Wildman–Crippen LogP) is 2.20. The lowest BCUT2D eigenvalue weighted by molar-refractivity contribution is -0.137. The third-order valence-electron chi connectivity index (χ3n) is 4.17. The summed E-state index contributed by atoms with van der Waals surface area (Å²) in [5.74, 6) is 0.208. The van der Waals surface area contributed by atoms with Gasteiger partial charge in [0.05, 0.1) is 17.5 Å². The number of aromatic nitrogens is 1. The van der Waals surface area contributed by atoms with Crippen LogP contribution < -0.4 is 5.73 Å². The lowest BCUT2D eigenvalue weighted by Crippen LogP contribution is -2.47. The van der Waals surface area contributed by atoms with Crippen molar-refractivity contribution in [1.29, 1.82) is 0 Å². The van der Waals surface area contributed by atoms with Gasteiger partial charge < -0.3 is 10.5 Å². The van der Waals surface area contributed by atoms with Crippen LogP contribution in [-0.4, -0.2) is 23.0 Å². The normalized spacial score (nSPS) is 25.7. The largest absolute Gasteiger partial charge is 0.397 e. The molecule has 0 bridgehead atoms. The number of nitrogens with two attached hydrogens (primary N) is 1. The fourth-order valence-electron chi connectivity index (χ4n) is 2.93. The Balaban J connectivity index is 1.74. The van der Waals surface area contributed by atoms with Gasteiger partial charge in [-0.05, 0) is 44.2 Å². The third-order valence-corrected chi connectivity index (χ3v) is 4.17. The van der Waals surface area contributed by atoms with E-state index in [-0.39, 0.29) is 17.3 Å². The van der Waals surface area contributed by atoms with Crippen molar-refractivity contribution in [1.82, 2.24) is 4.98 Å². The monoisotopic (exact) mass is 246 g/mol. The average Bonchev–Trinajstić information content (AvgIpc) is 2.37. The summed E-state index contributed by atoms with van der Waals surface area (Å²) in [6.07, 6.45) is 6.65. The van der Waals surface area contributed by atoms with Crippen LogP contribution in [0.15, 0.2) is 18.3 Å². The average molecular weight is 246 g/mol. The molecule has 18 heavy (non-hydrogen) atoms. The van der Waals surface area contributed by atoms with Crippen molar-refractivity contribution < 1.29 is 9.53 Å². The van der Waals surface area contributed by atoms with E-state index in [0.29, 0.717) is 18.0 Å². The summed E-state index contributed by atoms with van der Waals surface area (Å²) in [7, 11) is 0. The number of ketones is 1. The number of anilines is 1. The van der Waals surface area contributed by atoms with Crippen molar-refractivity contribution in [3.8, 4) is 0 Å². The molecule has 2 aliphatic rings. The topological polar surface area (TPSA) is 65.2 Å². The molecule has 3 rings (SSSR count). The van der Waals surface area contributed by atoms with Gasteiger partial charge in [-0.1, -0.05) is 0 Å². The van der Waals surface area contributed by atoms with Gasteiger partial charge in [0, 0.05) is 12.5 Å². The van der Waals surface area contributed by atoms with Crippen LogP contribution in [0.5, 0.6) is 0 Å². The molecule has 96 valence electrons. The first-order valence-corrected chi connectivity index (χ1v) is 6.58. The maximum Gasteiger partial charge on any atom is 0.184 e. The van der Waals surface area contributed by atoms with Gasteiger partial charge in [0.15, 0.2) is 5.78 Å². The first kappa shape index (κ1) is 11.7. The molecule has 2 N–H and O–H groups in total. The third kappa shape index (κ3) is 2.01. The number of pyridine rings is 1.